The molecule has 0 amide bonds. The van der Waals surface area contributed by atoms with Gasteiger partial charge < -0.3 is 0 Å². The highest BCUT2D eigenvalue weighted by Crippen LogP contribution is 2.23. The largest absolute Gasteiger partial charge is 0.294 e. The molecule has 0 N–H and O–H groups in total. The first kappa shape index (κ1) is 9.77. The lowest BCUT2D eigenvalue weighted by Crippen LogP contribution is -1.99. The molecule has 0 fully saturated rings. The van der Waals surface area contributed by atoms with Gasteiger partial charge in [0.2, 0.25) is 0 Å². The van der Waals surface area contributed by atoms with Gasteiger partial charge in [-0.05, 0) is 37.4 Å². The van der Waals surface area contributed by atoms with E-state index in [1.165, 1.54) is 13.0 Å². The minimum Gasteiger partial charge on any atom is -0.294 e. The van der Waals surface area contributed by atoms with Gasteiger partial charge in [0.15, 0.2) is 5.78 Å². The van der Waals surface area contributed by atoms with E-state index in [-0.39, 0.29) is 11.3 Å². The van der Waals surface area contributed by atoms with E-state index in [4.69, 9.17) is 0 Å². The summed E-state index contributed by atoms with van der Waals surface area (Å²) in [6.45, 7) is 3.21. The van der Waals surface area contributed by atoms with Crippen molar-refractivity contribution in [2.24, 2.45) is 0 Å². The van der Waals surface area contributed by atoms with Crippen LogP contribution in [0.4, 0.5) is 4.39 Å². The monoisotopic (exact) mass is 203 g/mol. The zero-order valence-electron chi connectivity index (χ0n) is 8.54. The fourth-order valence-electron chi connectivity index (χ4n) is 1.73. The highest BCUT2D eigenvalue weighted by atomic mass is 19.1. The maximum Gasteiger partial charge on any atom is 0.163 e. The second-order valence-electron chi connectivity index (χ2n) is 3.47. The van der Waals surface area contributed by atoms with Gasteiger partial charge in [0.1, 0.15) is 5.82 Å². The first-order valence-electron chi connectivity index (χ1n) is 4.66. The molecule has 3 heteroatoms. The minimum absolute atomic E-state index is 0.151. The number of aryl methyl sites for hydroxylation is 1. The van der Waals surface area contributed by atoms with Gasteiger partial charge in [-0.1, -0.05) is 0 Å². The van der Waals surface area contributed by atoms with Crippen LogP contribution in [0.25, 0.3) is 10.8 Å². The smallest absolute Gasteiger partial charge is 0.163 e. The summed E-state index contributed by atoms with van der Waals surface area (Å²) in [6, 6.07) is 4.63. The molecule has 0 bridgehead atoms. The van der Waals surface area contributed by atoms with Crippen molar-refractivity contribution in [3.63, 3.8) is 0 Å². The number of aromatic nitrogens is 1. The third-order valence-electron chi connectivity index (χ3n) is 2.45. The van der Waals surface area contributed by atoms with Crippen LogP contribution < -0.4 is 0 Å². The van der Waals surface area contributed by atoms with Gasteiger partial charge in [0.05, 0.1) is 5.56 Å². The quantitative estimate of drug-likeness (QED) is 0.667. The summed E-state index contributed by atoms with van der Waals surface area (Å²) >= 11 is 0. The van der Waals surface area contributed by atoms with Crippen LogP contribution in [0, 0.1) is 12.7 Å². The highest BCUT2D eigenvalue weighted by molar-refractivity contribution is 6.07. The number of pyridine rings is 1. The minimum atomic E-state index is -0.472. The number of ketones is 1. The second kappa shape index (κ2) is 3.42. The maximum atomic E-state index is 13.5. The molecule has 1 aromatic heterocycles. The fraction of sp³-hybridized carbons (Fsp3) is 0.167. The molecule has 0 spiro atoms. The van der Waals surface area contributed by atoms with Crippen LogP contribution in [0.15, 0.2) is 24.4 Å². The van der Waals surface area contributed by atoms with Crippen LogP contribution in [-0.4, -0.2) is 10.8 Å². The molecule has 2 aromatic rings. The summed E-state index contributed by atoms with van der Waals surface area (Å²) in [5.41, 5.74) is 0.952. The van der Waals surface area contributed by atoms with E-state index >= 15 is 0 Å². The van der Waals surface area contributed by atoms with Crippen molar-refractivity contribution in [3.05, 3.63) is 41.5 Å². The Morgan fingerprint density at radius 3 is 2.67 bits per heavy atom. The van der Waals surface area contributed by atoms with E-state index in [9.17, 15) is 9.18 Å². The molecule has 0 saturated carbocycles. The fourth-order valence-corrected chi connectivity index (χ4v) is 1.73. The summed E-state index contributed by atoms with van der Waals surface area (Å²) < 4.78 is 13.5. The Morgan fingerprint density at radius 2 is 2.00 bits per heavy atom. The lowest BCUT2D eigenvalue weighted by Gasteiger charge is -2.06. The van der Waals surface area contributed by atoms with Crippen molar-refractivity contribution in [2.75, 3.05) is 0 Å². The summed E-state index contributed by atoms with van der Waals surface area (Å²) in [6.07, 6.45) is 1.59. The van der Waals surface area contributed by atoms with Gasteiger partial charge >= 0.3 is 0 Å². The number of hydrogen-bond acceptors (Lipinski definition) is 2. The average Bonchev–Trinajstić information content (AvgIpc) is 2.17. The molecule has 2 rings (SSSR count). The molecular weight excluding hydrogens is 193 g/mol. The lowest BCUT2D eigenvalue weighted by molar-refractivity contribution is 0.101. The molecule has 0 atom stereocenters. The van der Waals surface area contributed by atoms with Crippen molar-refractivity contribution >= 4 is 16.6 Å². The zero-order chi connectivity index (χ0) is 11.0. The van der Waals surface area contributed by atoms with E-state index in [2.05, 4.69) is 4.98 Å². The molecule has 2 nitrogen and oxygen atoms in total. The van der Waals surface area contributed by atoms with Crippen molar-refractivity contribution in [1.29, 1.82) is 0 Å². The Bertz CT molecular complexity index is 549. The molecule has 0 saturated heterocycles. The first-order valence-corrected chi connectivity index (χ1v) is 4.66. The summed E-state index contributed by atoms with van der Waals surface area (Å²) in [7, 11) is 0. The van der Waals surface area contributed by atoms with Crippen LogP contribution in [0.2, 0.25) is 0 Å². The number of hydrogen-bond donors (Lipinski definition) is 0. The molecular formula is C12H10FNO. The van der Waals surface area contributed by atoms with Crippen molar-refractivity contribution in [3.8, 4) is 0 Å². The summed E-state index contributed by atoms with van der Waals surface area (Å²) in [5.74, 6) is -0.732. The Labute approximate surface area is 86.8 Å². The average molecular weight is 203 g/mol. The van der Waals surface area contributed by atoms with Crippen LogP contribution in [0.5, 0.6) is 0 Å². The van der Waals surface area contributed by atoms with Crippen LogP contribution in [0.3, 0.4) is 0 Å². The molecule has 1 aromatic carbocycles. The van der Waals surface area contributed by atoms with Gasteiger partial charge in [-0.3, -0.25) is 9.78 Å². The molecule has 0 aliphatic carbocycles. The van der Waals surface area contributed by atoms with Crippen molar-refractivity contribution in [1.82, 2.24) is 4.98 Å². The number of carbonyl (C=O) groups excluding carboxylic acids is 1. The summed E-state index contributed by atoms with van der Waals surface area (Å²) in [4.78, 5) is 15.4. The zero-order valence-corrected chi connectivity index (χ0v) is 8.54. The molecule has 76 valence electrons. The third kappa shape index (κ3) is 1.50. The molecule has 15 heavy (non-hydrogen) atoms. The predicted molar refractivity (Wildman–Crippen MR) is 56.4 cm³/mol. The van der Waals surface area contributed by atoms with Crippen molar-refractivity contribution in [2.45, 2.75) is 13.8 Å². The van der Waals surface area contributed by atoms with Crippen LogP contribution >= 0.6 is 0 Å². The Balaban J connectivity index is 2.94. The number of fused-ring (bicyclic) bond motifs is 1. The number of Topliss-reactive ketones (excluding diaryl/α,β-unsaturated/α-hetero) is 1. The van der Waals surface area contributed by atoms with Gasteiger partial charge in [-0.2, -0.15) is 0 Å². The van der Waals surface area contributed by atoms with Crippen LogP contribution in [0.1, 0.15) is 23.0 Å². The summed E-state index contributed by atoms with van der Waals surface area (Å²) in [5, 5.41) is 1.46. The molecule has 0 aliphatic rings. The molecule has 0 radical (unpaired) electrons. The van der Waals surface area contributed by atoms with Gasteiger partial charge in [0, 0.05) is 17.3 Å². The Hall–Kier alpha value is -1.77. The van der Waals surface area contributed by atoms with E-state index < -0.39 is 5.82 Å². The molecule has 1 heterocycles. The van der Waals surface area contributed by atoms with E-state index in [1.807, 2.05) is 6.92 Å². The normalized spacial score (nSPS) is 10.6. The van der Waals surface area contributed by atoms with E-state index in [1.54, 1.807) is 18.3 Å². The lowest BCUT2D eigenvalue weighted by atomic mass is 10.0. The predicted octanol–water partition coefficient (Wildman–Crippen LogP) is 2.88. The van der Waals surface area contributed by atoms with Gasteiger partial charge in [-0.25, -0.2) is 4.39 Å². The number of halogens is 1. The number of benzene rings is 1. The number of carbonyl (C=O) groups is 1. The second-order valence-corrected chi connectivity index (χ2v) is 3.47. The van der Waals surface area contributed by atoms with Crippen LogP contribution in [-0.2, 0) is 0 Å². The van der Waals surface area contributed by atoms with E-state index in [0.717, 1.165) is 11.1 Å². The third-order valence-corrected chi connectivity index (χ3v) is 2.45. The molecule has 0 aliphatic heterocycles. The maximum absolute atomic E-state index is 13.5. The highest BCUT2D eigenvalue weighted by Gasteiger charge is 2.12. The number of rotatable bonds is 1. The Kier molecular flexibility index (Phi) is 2.23. The van der Waals surface area contributed by atoms with Gasteiger partial charge in [0.25, 0.3) is 0 Å². The topological polar surface area (TPSA) is 30.0 Å². The SMILES string of the molecule is CC(=O)c1c(F)ccc2c(C)nccc12. The number of nitrogens with zero attached hydrogens (tertiary/aromatic N) is 1. The molecule has 0 unspecified atom stereocenters. The van der Waals surface area contributed by atoms with Crippen molar-refractivity contribution < 1.29 is 9.18 Å². The Morgan fingerprint density at radius 1 is 1.27 bits per heavy atom. The standard InChI is InChI=1S/C12H10FNO/c1-7-9-3-4-11(13)12(8(2)15)10(9)5-6-14-7/h3-6H,1-2H3. The van der Waals surface area contributed by atoms with E-state index in [0.29, 0.717) is 5.39 Å². The first-order chi connectivity index (χ1) is 7.11. The van der Waals surface area contributed by atoms with Gasteiger partial charge in [-0.15, -0.1) is 0 Å².